The molecule has 1 aliphatic rings. The molecule has 1 atom stereocenters. The number of benzene rings is 3. The fourth-order valence-electron chi connectivity index (χ4n) is 4.54. The van der Waals surface area contributed by atoms with Crippen LogP contribution in [-0.4, -0.2) is 35.1 Å². The number of sulfonamides is 1. The Kier molecular flexibility index (Phi) is 7.84. The average Bonchev–Trinajstić information content (AvgIpc) is 2.91. The van der Waals surface area contributed by atoms with E-state index in [1.807, 2.05) is 13.0 Å². The highest BCUT2D eigenvalue weighted by Crippen LogP contribution is 2.34. The van der Waals surface area contributed by atoms with Gasteiger partial charge in [-0.25, -0.2) is 8.42 Å². The lowest BCUT2D eigenvalue weighted by atomic mass is 9.89. The number of methoxy groups -OCH3 is 2. The zero-order chi connectivity index (χ0) is 25.7. The van der Waals surface area contributed by atoms with E-state index in [9.17, 15) is 13.2 Å². The molecule has 3 aromatic rings. The number of hydrogen-bond acceptors (Lipinski definition) is 5. The predicted molar refractivity (Wildman–Crippen MR) is 140 cm³/mol. The molecule has 0 radical (unpaired) electrons. The standard InChI is InChI=1S/C28H32N2O5S/c1-20(22-14-13-21-9-7-8-10-23(21)17-22)29-28(31)19-30(36(32,33)25-11-5-4-6-12-25)24-15-16-26(34-2)27(18-24)35-3/h4-6,11-18,20H,7-10,19H2,1-3H3,(H,29,31). The summed E-state index contributed by atoms with van der Waals surface area (Å²) in [5.74, 6) is 0.421. The van der Waals surface area contributed by atoms with Crippen LogP contribution in [0.1, 0.15) is 42.5 Å². The summed E-state index contributed by atoms with van der Waals surface area (Å²) in [7, 11) is -1.05. The van der Waals surface area contributed by atoms with E-state index in [-0.39, 0.29) is 17.5 Å². The number of ether oxygens (including phenoxy) is 2. The highest BCUT2D eigenvalue weighted by atomic mass is 32.2. The van der Waals surface area contributed by atoms with Gasteiger partial charge in [0.15, 0.2) is 11.5 Å². The summed E-state index contributed by atoms with van der Waals surface area (Å²) in [5.41, 5.74) is 4.01. The van der Waals surface area contributed by atoms with Crippen molar-refractivity contribution in [2.24, 2.45) is 0 Å². The number of nitrogens with zero attached hydrogens (tertiary/aromatic N) is 1. The molecule has 36 heavy (non-hydrogen) atoms. The molecule has 3 aromatic carbocycles. The normalized spacial score (nSPS) is 13.9. The number of carbonyl (C=O) groups excluding carboxylic acids is 1. The van der Waals surface area contributed by atoms with E-state index >= 15 is 0 Å². The lowest BCUT2D eigenvalue weighted by Gasteiger charge is -2.26. The van der Waals surface area contributed by atoms with Gasteiger partial charge in [-0.15, -0.1) is 0 Å². The van der Waals surface area contributed by atoms with Gasteiger partial charge in [0, 0.05) is 6.07 Å². The largest absolute Gasteiger partial charge is 0.493 e. The van der Waals surface area contributed by atoms with Crippen molar-refractivity contribution in [2.45, 2.75) is 43.5 Å². The Morgan fingerprint density at radius 1 is 0.917 bits per heavy atom. The molecule has 1 aliphatic carbocycles. The molecule has 0 saturated heterocycles. The minimum Gasteiger partial charge on any atom is -0.493 e. The van der Waals surface area contributed by atoms with Crippen molar-refractivity contribution < 1.29 is 22.7 Å². The first kappa shape index (κ1) is 25.6. The van der Waals surface area contributed by atoms with Crippen LogP contribution in [0.2, 0.25) is 0 Å². The number of carbonyl (C=O) groups is 1. The third-order valence-corrected chi connectivity index (χ3v) is 8.31. The molecule has 0 bridgehead atoms. The number of aryl methyl sites for hydroxylation is 2. The molecule has 0 aromatic heterocycles. The lowest BCUT2D eigenvalue weighted by Crippen LogP contribution is -2.41. The van der Waals surface area contributed by atoms with Gasteiger partial charge < -0.3 is 14.8 Å². The zero-order valence-corrected chi connectivity index (χ0v) is 21.7. The van der Waals surface area contributed by atoms with Gasteiger partial charge in [0.25, 0.3) is 10.0 Å². The molecule has 1 unspecified atom stereocenters. The smallest absolute Gasteiger partial charge is 0.264 e. The second-order valence-corrected chi connectivity index (χ2v) is 10.8. The van der Waals surface area contributed by atoms with Crippen LogP contribution >= 0.6 is 0 Å². The van der Waals surface area contributed by atoms with Crippen LogP contribution in [0.25, 0.3) is 0 Å². The minimum atomic E-state index is -4.03. The van der Waals surface area contributed by atoms with Gasteiger partial charge in [0.05, 0.1) is 30.8 Å². The Morgan fingerprint density at radius 3 is 2.31 bits per heavy atom. The van der Waals surface area contributed by atoms with Gasteiger partial charge >= 0.3 is 0 Å². The first-order chi connectivity index (χ1) is 17.3. The van der Waals surface area contributed by atoms with Crippen molar-refractivity contribution in [3.63, 3.8) is 0 Å². The van der Waals surface area contributed by atoms with E-state index in [0.29, 0.717) is 17.2 Å². The quantitative estimate of drug-likeness (QED) is 0.455. The first-order valence-corrected chi connectivity index (χ1v) is 13.5. The fourth-order valence-corrected chi connectivity index (χ4v) is 5.97. The van der Waals surface area contributed by atoms with E-state index in [4.69, 9.17) is 9.47 Å². The second kappa shape index (κ2) is 11.0. The number of rotatable bonds is 9. The summed E-state index contributed by atoms with van der Waals surface area (Å²) < 4.78 is 39.0. The summed E-state index contributed by atoms with van der Waals surface area (Å²) in [6, 6.07) is 18.9. The monoisotopic (exact) mass is 508 g/mol. The summed E-state index contributed by atoms with van der Waals surface area (Å²) in [5, 5.41) is 2.98. The second-order valence-electron chi connectivity index (χ2n) is 8.89. The molecular formula is C28H32N2O5S. The molecule has 7 nitrogen and oxygen atoms in total. The van der Waals surface area contributed by atoms with E-state index in [0.717, 1.165) is 22.7 Å². The molecule has 1 amide bonds. The van der Waals surface area contributed by atoms with Gasteiger partial charge in [0.2, 0.25) is 5.91 Å². The van der Waals surface area contributed by atoms with Crippen LogP contribution in [0.4, 0.5) is 5.69 Å². The number of fused-ring (bicyclic) bond motifs is 1. The van der Waals surface area contributed by atoms with E-state index < -0.39 is 15.9 Å². The highest BCUT2D eigenvalue weighted by Gasteiger charge is 2.28. The third kappa shape index (κ3) is 5.49. The molecule has 8 heteroatoms. The Labute approximate surface area is 213 Å². The lowest BCUT2D eigenvalue weighted by molar-refractivity contribution is -0.120. The highest BCUT2D eigenvalue weighted by molar-refractivity contribution is 7.92. The zero-order valence-electron chi connectivity index (χ0n) is 20.9. The van der Waals surface area contributed by atoms with Crippen molar-refractivity contribution in [2.75, 3.05) is 25.1 Å². The fraction of sp³-hybridized carbons (Fsp3) is 0.321. The van der Waals surface area contributed by atoms with Gasteiger partial charge in [-0.2, -0.15) is 0 Å². The minimum absolute atomic E-state index is 0.0929. The molecule has 1 N–H and O–H groups in total. The third-order valence-electron chi connectivity index (χ3n) is 6.52. The van der Waals surface area contributed by atoms with Crippen LogP contribution in [0, 0.1) is 0 Å². The molecule has 0 fully saturated rings. The topological polar surface area (TPSA) is 84.9 Å². The Balaban J connectivity index is 1.61. The Morgan fingerprint density at radius 2 is 1.61 bits per heavy atom. The van der Waals surface area contributed by atoms with Crippen LogP contribution < -0.4 is 19.1 Å². The number of amides is 1. The van der Waals surface area contributed by atoms with Crippen LogP contribution in [0.15, 0.2) is 71.6 Å². The first-order valence-electron chi connectivity index (χ1n) is 12.0. The van der Waals surface area contributed by atoms with E-state index in [1.165, 1.54) is 50.3 Å². The van der Waals surface area contributed by atoms with Gasteiger partial charge in [0.1, 0.15) is 6.54 Å². The van der Waals surface area contributed by atoms with Crippen molar-refractivity contribution >= 4 is 21.6 Å². The SMILES string of the molecule is COc1ccc(N(CC(=O)NC(C)c2ccc3c(c2)CCCC3)S(=O)(=O)c2ccccc2)cc1OC. The maximum absolute atomic E-state index is 13.6. The number of anilines is 1. The molecule has 190 valence electrons. The molecule has 0 heterocycles. The van der Waals surface area contributed by atoms with Crippen molar-refractivity contribution in [1.82, 2.24) is 5.32 Å². The predicted octanol–water partition coefficient (Wildman–Crippen LogP) is 4.66. The van der Waals surface area contributed by atoms with Crippen LogP contribution in [-0.2, 0) is 27.7 Å². The average molecular weight is 509 g/mol. The number of hydrogen-bond donors (Lipinski definition) is 1. The molecular weight excluding hydrogens is 476 g/mol. The Hall–Kier alpha value is -3.52. The van der Waals surface area contributed by atoms with Crippen molar-refractivity contribution in [3.05, 3.63) is 83.4 Å². The van der Waals surface area contributed by atoms with Gasteiger partial charge in [-0.3, -0.25) is 9.10 Å². The Bertz CT molecular complexity index is 1330. The maximum Gasteiger partial charge on any atom is 0.264 e. The van der Waals surface area contributed by atoms with Gasteiger partial charge in [-0.1, -0.05) is 36.4 Å². The van der Waals surface area contributed by atoms with Gasteiger partial charge in [-0.05, 0) is 73.6 Å². The van der Waals surface area contributed by atoms with Crippen molar-refractivity contribution in [3.8, 4) is 11.5 Å². The van der Waals surface area contributed by atoms with E-state index in [1.54, 1.807) is 36.4 Å². The summed E-state index contributed by atoms with van der Waals surface area (Å²) in [6.07, 6.45) is 4.52. The molecule has 4 rings (SSSR count). The summed E-state index contributed by atoms with van der Waals surface area (Å²) in [6.45, 7) is 1.52. The van der Waals surface area contributed by atoms with Crippen molar-refractivity contribution in [1.29, 1.82) is 0 Å². The maximum atomic E-state index is 13.6. The summed E-state index contributed by atoms with van der Waals surface area (Å²) >= 11 is 0. The number of nitrogens with one attached hydrogen (secondary N) is 1. The van der Waals surface area contributed by atoms with Crippen LogP contribution in [0.5, 0.6) is 11.5 Å². The molecule has 0 saturated carbocycles. The summed E-state index contributed by atoms with van der Waals surface area (Å²) in [4.78, 5) is 13.3. The molecule has 0 spiro atoms. The van der Waals surface area contributed by atoms with E-state index in [2.05, 4.69) is 17.4 Å². The van der Waals surface area contributed by atoms with Crippen LogP contribution in [0.3, 0.4) is 0 Å². The molecule has 0 aliphatic heterocycles.